The molecule has 68 valence electrons. The minimum absolute atomic E-state index is 0.137. The zero-order chi connectivity index (χ0) is 9.19. The van der Waals surface area contributed by atoms with Crippen molar-refractivity contribution in [1.29, 1.82) is 0 Å². The van der Waals surface area contributed by atoms with Crippen LogP contribution in [-0.4, -0.2) is 18.0 Å². The van der Waals surface area contributed by atoms with Gasteiger partial charge in [0.05, 0.1) is 0 Å². The SMILES string of the molecule is Cn1ccnc1COS(N)(=O)=O. The molecule has 1 rings (SSSR count). The number of aryl methyl sites for hydroxylation is 1. The third-order valence-corrected chi connectivity index (χ3v) is 1.72. The lowest BCUT2D eigenvalue weighted by Crippen LogP contribution is -2.16. The van der Waals surface area contributed by atoms with Crippen LogP contribution in [0.1, 0.15) is 5.82 Å². The van der Waals surface area contributed by atoms with Gasteiger partial charge in [-0.2, -0.15) is 8.42 Å². The zero-order valence-corrected chi connectivity index (χ0v) is 7.28. The van der Waals surface area contributed by atoms with E-state index in [1.165, 1.54) is 0 Å². The lowest BCUT2D eigenvalue weighted by atomic mass is 10.6. The average Bonchev–Trinajstić information content (AvgIpc) is 2.29. The van der Waals surface area contributed by atoms with Crippen molar-refractivity contribution in [3.05, 3.63) is 18.2 Å². The van der Waals surface area contributed by atoms with Gasteiger partial charge in [-0.25, -0.2) is 10.1 Å². The van der Waals surface area contributed by atoms with Gasteiger partial charge in [0.1, 0.15) is 12.4 Å². The van der Waals surface area contributed by atoms with Gasteiger partial charge < -0.3 is 4.57 Å². The predicted octanol–water partition coefficient (Wildman–Crippen LogP) is -0.860. The number of nitrogens with zero attached hydrogens (tertiary/aromatic N) is 2. The van der Waals surface area contributed by atoms with Gasteiger partial charge in [0, 0.05) is 19.4 Å². The van der Waals surface area contributed by atoms with Gasteiger partial charge in [0.15, 0.2) is 0 Å². The summed E-state index contributed by atoms with van der Waals surface area (Å²) in [5.41, 5.74) is 0. The first kappa shape index (κ1) is 9.17. The van der Waals surface area contributed by atoms with Gasteiger partial charge in [-0.15, -0.1) is 0 Å². The van der Waals surface area contributed by atoms with Crippen LogP contribution in [-0.2, 0) is 28.1 Å². The van der Waals surface area contributed by atoms with Crippen molar-refractivity contribution in [2.24, 2.45) is 12.2 Å². The van der Waals surface area contributed by atoms with Gasteiger partial charge >= 0.3 is 10.3 Å². The smallest absolute Gasteiger partial charge is 0.333 e. The van der Waals surface area contributed by atoms with Crippen molar-refractivity contribution in [3.63, 3.8) is 0 Å². The Bertz CT molecular complexity index is 356. The highest BCUT2D eigenvalue weighted by Crippen LogP contribution is 1.97. The average molecular weight is 191 g/mol. The van der Waals surface area contributed by atoms with Crippen molar-refractivity contribution < 1.29 is 12.6 Å². The minimum Gasteiger partial charge on any atom is -0.336 e. The van der Waals surface area contributed by atoms with Crippen molar-refractivity contribution in [2.45, 2.75) is 6.61 Å². The lowest BCUT2D eigenvalue weighted by molar-refractivity contribution is 0.295. The molecule has 1 aromatic rings. The molecule has 1 aromatic heterocycles. The van der Waals surface area contributed by atoms with E-state index in [0.717, 1.165) is 0 Å². The number of hydrogen-bond donors (Lipinski definition) is 1. The van der Waals surface area contributed by atoms with E-state index in [1.54, 1.807) is 24.0 Å². The summed E-state index contributed by atoms with van der Waals surface area (Å²) in [6.07, 6.45) is 3.23. The molecule has 0 aliphatic heterocycles. The fraction of sp³-hybridized carbons (Fsp3) is 0.400. The lowest BCUT2D eigenvalue weighted by Gasteiger charge is -2.00. The Balaban J connectivity index is 2.61. The molecule has 0 fully saturated rings. The molecule has 0 aromatic carbocycles. The summed E-state index contributed by atoms with van der Waals surface area (Å²) in [5.74, 6) is 0.504. The topological polar surface area (TPSA) is 87.2 Å². The molecule has 0 spiro atoms. The summed E-state index contributed by atoms with van der Waals surface area (Å²) in [4.78, 5) is 3.84. The van der Waals surface area contributed by atoms with Crippen LogP contribution in [0, 0.1) is 0 Å². The van der Waals surface area contributed by atoms with Crippen molar-refractivity contribution in [3.8, 4) is 0 Å². The molecule has 0 atom stereocenters. The van der Waals surface area contributed by atoms with E-state index in [-0.39, 0.29) is 6.61 Å². The number of rotatable bonds is 3. The first-order valence-electron chi connectivity index (χ1n) is 3.12. The zero-order valence-electron chi connectivity index (χ0n) is 6.47. The summed E-state index contributed by atoms with van der Waals surface area (Å²) in [5, 5.41) is 4.62. The fourth-order valence-corrected chi connectivity index (χ4v) is 0.940. The molecule has 12 heavy (non-hydrogen) atoms. The van der Waals surface area contributed by atoms with Crippen LogP contribution in [0.2, 0.25) is 0 Å². The Kier molecular flexibility index (Phi) is 2.46. The summed E-state index contributed by atoms with van der Waals surface area (Å²) in [6.45, 7) is -0.137. The maximum atomic E-state index is 10.4. The maximum absolute atomic E-state index is 10.4. The molecule has 0 amide bonds. The number of aromatic nitrogens is 2. The van der Waals surface area contributed by atoms with E-state index in [2.05, 4.69) is 14.3 Å². The summed E-state index contributed by atoms with van der Waals surface area (Å²) >= 11 is 0. The van der Waals surface area contributed by atoms with E-state index in [0.29, 0.717) is 5.82 Å². The monoisotopic (exact) mass is 191 g/mol. The molecule has 0 saturated heterocycles. The molecule has 0 unspecified atom stereocenters. The second-order valence-corrected chi connectivity index (χ2v) is 3.43. The molecule has 0 saturated carbocycles. The molecule has 0 aliphatic rings. The first-order valence-corrected chi connectivity index (χ1v) is 4.59. The summed E-state index contributed by atoms with van der Waals surface area (Å²) in [6, 6.07) is 0. The Morgan fingerprint density at radius 1 is 1.75 bits per heavy atom. The van der Waals surface area contributed by atoms with E-state index in [4.69, 9.17) is 0 Å². The maximum Gasteiger partial charge on any atom is 0.333 e. The minimum atomic E-state index is -3.87. The largest absolute Gasteiger partial charge is 0.336 e. The highest BCUT2D eigenvalue weighted by molar-refractivity contribution is 7.84. The van der Waals surface area contributed by atoms with Crippen LogP contribution in [0.25, 0.3) is 0 Å². The second-order valence-electron chi connectivity index (χ2n) is 2.21. The predicted molar refractivity (Wildman–Crippen MR) is 41.1 cm³/mol. The Morgan fingerprint density at radius 3 is 2.83 bits per heavy atom. The fourth-order valence-electron chi connectivity index (χ4n) is 0.670. The van der Waals surface area contributed by atoms with E-state index in [9.17, 15) is 8.42 Å². The Morgan fingerprint density at radius 2 is 2.42 bits per heavy atom. The molecule has 6 nitrogen and oxygen atoms in total. The molecule has 7 heteroatoms. The van der Waals surface area contributed by atoms with Crippen molar-refractivity contribution in [1.82, 2.24) is 9.55 Å². The van der Waals surface area contributed by atoms with E-state index < -0.39 is 10.3 Å². The van der Waals surface area contributed by atoms with Crippen LogP contribution >= 0.6 is 0 Å². The third kappa shape index (κ3) is 2.61. The van der Waals surface area contributed by atoms with Crippen molar-refractivity contribution in [2.75, 3.05) is 0 Å². The second kappa shape index (κ2) is 3.21. The highest BCUT2D eigenvalue weighted by Gasteiger charge is 2.05. The van der Waals surface area contributed by atoms with E-state index >= 15 is 0 Å². The number of imidazole rings is 1. The van der Waals surface area contributed by atoms with Crippen LogP contribution in [0.3, 0.4) is 0 Å². The van der Waals surface area contributed by atoms with Gasteiger partial charge in [-0.1, -0.05) is 0 Å². The van der Waals surface area contributed by atoms with Crippen LogP contribution in [0.5, 0.6) is 0 Å². The normalized spacial score (nSPS) is 11.8. The van der Waals surface area contributed by atoms with Gasteiger partial charge in [-0.3, -0.25) is 4.18 Å². The molecular formula is C5H9N3O3S. The van der Waals surface area contributed by atoms with Crippen LogP contribution in [0.15, 0.2) is 12.4 Å². The standard InChI is InChI=1S/C5H9N3O3S/c1-8-3-2-7-5(8)4-11-12(6,9)10/h2-3H,4H2,1H3,(H2,6,9,10). The molecule has 2 N–H and O–H groups in total. The Hall–Kier alpha value is -0.920. The highest BCUT2D eigenvalue weighted by atomic mass is 32.2. The third-order valence-electron chi connectivity index (χ3n) is 1.27. The number of hydrogen-bond acceptors (Lipinski definition) is 4. The summed E-state index contributed by atoms with van der Waals surface area (Å²) in [7, 11) is -2.14. The van der Waals surface area contributed by atoms with Gasteiger partial charge in [0.25, 0.3) is 0 Å². The van der Waals surface area contributed by atoms with Crippen LogP contribution in [0.4, 0.5) is 0 Å². The molecule has 0 bridgehead atoms. The van der Waals surface area contributed by atoms with Crippen LogP contribution < -0.4 is 5.14 Å². The summed E-state index contributed by atoms with van der Waals surface area (Å²) < 4.78 is 26.7. The van der Waals surface area contributed by atoms with E-state index in [1.807, 2.05) is 0 Å². The van der Waals surface area contributed by atoms with Gasteiger partial charge in [-0.05, 0) is 0 Å². The molecule has 0 radical (unpaired) electrons. The quantitative estimate of drug-likeness (QED) is 0.673. The number of nitrogens with two attached hydrogens (primary N) is 1. The first-order chi connectivity index (χ1) is 5.49. The Labute approximate surface area is 70.2 Å². The molecular weight excluding hydrogens is 182 g/mol. The van der Waals surface area contributed by atoms with Gasteiger partial charge in [0.2, 0.25) is 0 Å². The molecule has 0 aliphatic carbocycles. The molecule has 1 heterocycles. The van der Waals surface area contributed by atoms with Crippen molar-refractivity contribution >= 4 is 10.3 Å².